The maximum absolute atomic E-state index is 13.5. The molecule has 88 valence electrons. The molecule has 0 radical (unpaired) electrons. The zero-order valence-corrected chi connectivity index (χ0v) is 9.77. The summed E-state index contributed by atoms with van der Waals surface area (Å²) < 4.78 is 39.0. The van der Waals surface area contributed by atoms with Crippen LogP contribution < -0.4 is 0 Å². The molecule has 0 aromatic rings. The van der Waals surface area contributed by atoms with Crippen molar-refractivity contribution in [2.75, 3.05) is 0 Å². The average molecular weight is 306 g/mol. The monoisotopic (exact) mass is 304 g/mol. The van der Waals surface area contributed by atoms with Crippen LogP contribution in [0.4, 0.5) is 13.2 Å². The van der Waals surface area contributed by atoms with Crippen LogP contribution in [-0.2, 0) is 9.53 Å². The second-order valence-corrected chi connectivity index (χ2v) is 4.97. The van der Waals surface area contributed by atoms with Gasteiger partial charge in [-0.1, -0.05) is 41.4 Å². The molecule has 0 fully saturated rings. The number of hydrogen-bond donors (Lipinski definition) is 0. The quantitative estimate of drug-likeness (QED) is 0.452. The minimum Gasteiger partial charge on any atom is -0.414 e. The molecule has 0 saturated carbocycles. The van der Waals surface area contributed by atoms with Crippen molar-refractivity contribution in [2.24, 2.45) is 0 Å². The van der Waals surface area contributed by atoms with E-state index in [-0.39, 0.29) is 0 Å². The van der Waals surface area contributed by atoms with Crippen LogP contribution in [0.2, 0.25) is 0 Å². The number of esters is 1. The standard InChI is InChI=1S/C6H3Cl4F3O2/c1-2-3(14)15-4(11,5(7,8)9)6(10,12)13/h2H,1H2. The normalized spacial score (nSPS) is 16.7. The number of ether oxygens (including phenoxy) is 1. The summed E-state index contributed by atoms with van der Waals surface area (Å²) in [6, 6.07) is 0. The third-order valence-corrected chi connectivity index (χ3v) is 2.11. The molecule has 0 heterocycles. The maximum atomic E-state index is 13.5. The van der Waals surface area contributed by atoms with Gasteiger partial charge in [0, 0.05) is 6.08 Å². The lowest BCUT2D eigenvalue weighted by Gasteiger charge is -2.33. The minimum absolute atomic E-state index is 0.410. The van der Waals surface area contributed by atoms with E-state index in [0.717, 1.165) is 0 Å². The summed E-state index contributed by atoms with van der Waals surface area (Å²) in [5.41, 5.74) is 0. The lowest BCUT2D eigenvalue weighted by molar-refractivity contribution is -0.230. The highest BCUT2D eigenvalue weighted by molar-refractivity contribution is 6.68. The number of rotatable bonds is 3. The first-order valence-corrected chi connectivity index (χ1v) is 4.64. The molecule has 15 heavy (non-hydrogen) atoms. The van der Waals surface area contributed by atoms with Crippen LogP contribution in [0.3, 0.4) is 0 Å². The minimum atomic E-state index is -4.71. The average Bonchev–Trinajstić information content (AvgIpc) is 1.99. The van der Waals surface area contributed by atoms with Crippen molar-refractivity contribution in [3.8, 4) is 0 Å². The van der Waals surface area contributed by atoms with Crippen molar-refractivity contribution in [1.29, 1.82) is 0 Å². The van der Waals surface area contributed by atoms with Gasteiger partial charge in [-0.25, -0.2) is 4.79 Å². The first-order valence-electron chi connectivity index (χ1n) is 3.13. The fraction of sp³-hybridized carbons (Fsp3) is 0.500. The number of alkyl halides is 7. The largest absolute Gasteiger partial charge is 0.414 e. The first kappa shape index (κ1) is 15.2. The van der Waals surface area contributed by atoms with Crippen molar-refractivity contribution in [3.05, 3.63) is 12.7 Å². The van der Waals surface area contributed by atoms with E-state index in [9.17, 15) is 18.0 Å². The molecule has 0 aliphatic rings. The Morgan fingerprint density at radius 1 is 1.20 bits per heavy atom. The van der Waals surface area contributed by atoms with Crippen LogP contribution in [0, 0.1) is 0 Å². The number of carbonyl (C=O) groups is 1. The van der Waals surface area contributed by atoms with Crippen molar-refractivity contribution in [3.63, 3.8) is 0 Å². The molecule has 0 amide bonds. The second-order valence-electron chi connectivity index (χ2n) is 2.22. The first-order chi connectivity index (χ1) is 6.45. The highest BCUT2D eigenvalue weighted by Crippen LogP contribution is 2.52. The van der Waals surface area contributed by atoms with Gasteiger partial charge in [-0.15, -0.1) is 0 Å². The Morgan fingerprint density at radius 3 is 1.80 bits per heavy atom. The molecular formula is C6H3Cl4F3O2. The third kappa shape index (κ3) is 3.31. The molecule has 0 aromatic heterocycles. The molecule has 0 aromatic carbocycles. The van der Waals surface area contributed by atoms with Crippen LogP contribution in [0.15, 0.2) is 12.7 Å². The lowest BCUT2D eigenvalue weighted by Crippen LogP contribution is -2.54. The Labute approximate surface area is 103 Å². The van der Waals surface area contributed by atoms with Gasteiger partial charge in [-0.2, -0.15) is 13.2 Å². The van der Waals surface area contributed by atoms with Gasteiger partial charge in [0.2, 0.25) is 0 Å². The van der Waals surface area contributed by atoms with E-state index in [1.54, 1.807) is 0 Å². The fourth-order valence-corrected chi connectivity index (χ4v) is 1.25. The molecule has 1 atom stereocenters. The number of carbonyl (C=O) groups excluding carboxylic acids is 1. The van der Waals surface area contributed by atoms with Gasteiger partial charge in [0.15, 0.2) is 0 Å². The molecule has 0 rings (SSSR count). The van der Waals surface area contributed by atoms with E-state index in [1.165, 1.54) is 0 Å². The molecule has 0 aliphatic heterocycles. The molecule has 2 nitrogen and oxygen atoms in total. The van der Waals surface area contributed by atoms with E-state index >= 15 is 0 Å². The van der Waals surface area contributed by atoms with Gasteiger partial charge in [-0.3, -0.25) is 0 Å². The molecule has 0 bridgehead atoms. The molecule has 0 spiro atoms. The van der Waals surface area contributed by atoms with Crippen molar-refractivity contribution >= 4 is 52.4 Å². The highest BCUT2D eigenvalue weighted by atomic mass is 35.6. The van der Waals surface area contributed by atoms with Crippen LogP contribution in [-0.4, -0.2) is 21.0 Å². The Morgan fingerprint density at radius 2 is 1.60 bits per heavy atom. The molecular weight excluding hydrogens is 303 g/mol. The summed E-state index contributed by atoms with van der Waals surface area (Å²) >= 11 is 19.1. The Balaban J connectivity index is 5.24. The Bertz CT molecular complexity index is 257. The van der Waals surface area contributed by atoms with E-state index in [1.807, 2.05) is 0 Å². The van der Waals surface area contributed by atoms with Crippen LogP contribution in [0.5, 0.6) is 0 Å². The zero-order chi connectivity index (χ0) is 12.5. The number of halogens is 7. The highest BCUT2D eigenvalue weighted by Gasteiger charge is 2.69. The zero-order valence-electron chi connectivity index (χ0n) is 6.75. The predicted molar refractivity (Wildman–Crippen MR) is 51.2 cm³/mol. The van der Waals surface area contributed by atoms with Gasteiger partial charge < -0.3 is 4.74 Å². The van der Waals surface area contributed by atoms with E-state index in [2.05, 4.69) is 22.9 Å². The van der Waals surface area contributed by atoms with Crippen molar-refractivity contribution in [1.82, 2.24) is 0 Å². The Kier molecular flexibility index (Phi) is 4.62. The summed E-state index contributed by atoms with van der Waals surface area (Å²) in [5, 5.41) is -4.71. The van der Waals surface area contributed by atoms with Crippen LogP contribution >= 0.6 is 46.4 Å². The van der Waals surface area contributed by atoms with Crippen molar-refractivity contribution < 1.29 is 22.7 Å². The van der Waals surface area contributed by atoms with E-state index in [4.69, 9.17) is 34.8 Å². The van der Waals surface area contributed by atoms with Gasteiger partial charge in [0.25, 0.3) is 3.79 Å². The molecule has 9 heteroatoms. The smallest absolute Gasteiger partial charge is 0.394 e. The lowest BCUT2D eigenvalue weighted by atomic mass is 10.3. The van der Waals surface area contributed by atoms with Crippen LogP contribution in [0.1, 0.15) is 0 Å². The van der Waals surface area contributed by atoms with E-state index < -0.39 is 21.0 Å². The SMILES string of the molecule is C=CC(=O)OC(F)(C(F)(F)Cl)C(Cl)(Cl)Cl. The maximum Gasteiger partial charge on any atom is 0.394 e. The molecule has 0 saturated heterocycles. The Hall–Kier alpha value is 0.160. The van der Waals surface area contributed by atoms with Gasteiger partial charge in [-0.05, 0) is 11.6 Å². The summed E-state index contributed by atoms with van der Waals surface area (Å²) in [6.07, 6.45) is 0.410. The summed E-state index contributed by atoms with van der Waals surface area (Å²) in [6.45, 7) is 2.85. The summed E-state index contributed by atoms with van der Waals surface area (Å²) in [7, 11) is 0. The molecule has 0 N–H and O–H groups in total. The van der Waals surface area contributed by atoms with Crippen LogP contribution in [0.25, 0.3) is 0 Å². The third-order valence-electron chi connectivity index (χ3n) is 1.14. The van der Waals surface area contributed by atoms with E-state index in [0.29, 0.717) is 6.08 Å². The van der Waals surface area contributed by atoms with Crippen molar-refractivity contribution in [2.45, 2.75) is 15.0 Å². The predicted octanol–water partition coefficient (Wildman–Crippen LogP) is 3.58. The van der Waals surface area contributed by atoms with Gasteiger partial charge in [0.1, 0.15) is 0 Å². The topological polar surface area (TPSA) is 26.3 Å². The number of hydrogen-bond acceptors (Lipinski definition) is 2. The molecule has 1 unspecified atom stereocenters. The molecule has 0 aliphatic carbocycles. The van der Waals surface area contributed by atoms with Gasteiger partial charge in [0.05, 0.1) is 0 Å². The second kappa shape index (κ2) is 4.57. The fourth-order valence-electron chi connectivity index (χ4n) is 0.457. The summed E-state index contributed by atoms with van der Waals surface area (Å²) in [4.78, 5) is 10.6. The van der Waals surface area contributed by atoms with Gasteiger partial charge >= 0.3 is 17.2 Å². The summed E-state index contributed by atoms with van der Waals surface area (Å²) in [5.74, 6) is -5.85.